The number of aromatic nitrogens is 2. The lowest BCUT2D eigenvalue weighted by Gasteiger charge is -2.09. The van der Waals surface area contributed by atoms with Gasteiger partial charge in [-0.05, 0) is 13.0 Å². The van der Waals surface area contributed by atoms with E-state index < -0.39 is 0 Å². The van der Waals surface area contributed by atoms with Crippen LogP contribution in [0.5, 0.6) is 0 Å². The quantitative estimate of drug-likeness (QED) is 0.732. The molecule has 0 aliphatic carbocycles. The third kappa shape index (κ3) is 1.29. The molecule has 4 heteroatoms. The van der Waals surface area contributed by atoms with E-state index in [2.05, 4.69) is 5.10 Å². The number of nitrogens with zero attached hydrogens (tertiary/aromatic N) is 2. The second-order valence-corrected chi connectivity index (χ2v) is 3.30. The highest BCUT2D eigenvalue weighted by atomic mass is 16.6. The molecule has 2 N–H and O–H groups in total. The normalized spacial score (nSPS) is 13.4. The zero-order valence-electron chi connectivity index (χ0n) is 8.27. The van der Waals surface area contributed by atoms with Gasteiger partial charge >= 0.3 is 0 Å². The Kier molecular flexibility index (Phi) is 2.23. The second kappa shape index (κ2) is 3.40. The highest BCUT2D eigenvalue weighted by Crippen LogP contribution is 2.24. The smallest absolute Gasteiger partial charge is 0.118 e. The molecule has 0 spiro atoms. The van der Waals surface area contributed by atoms with Gasteiger partial charge in [0.25, 0.3) is 0 Å². The van der Waals surface area contributed by atoms with E-state index in [1.165, 1.54) is 0 Å². The van der Waals surface area contributed by atoms with Crippen LogP contribution in [0.4, 0.5) is 0 Å². The van der Waals surface area contributed by atoms with Gasteiger partial charge in [-0.3, -0.25) is 9.52 Å². The number of hydrogen-bond acceptors (Lipinski definition) is 3. The lowest BCUT2D eigenvalue weighted by molar-refractivity contribution is 0.0617. The molecule has 0 radical (unpaired) electrons. The maximum atomic E-state index is 5.18. The third-order valence-corrected chi connectivity index (χ3v) is 2.38. The molecule has 1 unspecified atom stereocenters. The molecule has 2 aromatic rings. The van der Waals surface area contributed by atoms with Crippen molar-refractivity contribution in [2.45, 2.75) is 13.0 Å². The van der Waals surface area contributed by atoms with Crippen molar-refractivity contribution in [2.75, 3.05) is 0 Å². The van der Waals surface area contributed by atoms with Crippen LogP contribution in [0.3, 0.4) is 0 Å². The summed E-state index contributed by atoms with van der Waals surface area (Å²) in [5.74, 6) is 5.18. The van der Waals surface area contributed by atoms with Crippen LogP contribution in [-0.4, -0.2) is 9.78 Å². The Hall–Kier alpha value is -1.39. The molecule has 2 rings (SSSR count). The maximum Gasteiger partial charge on any atom is 0.118 e. The van der Waals surface area contributed by atoms with Crippen LogP contribution in [0.15, 0.2) is 24.3 Å². The summed E-state index contributed by atoms with van der Waals surface area (Å²) < 4.78 is 1.81. The predicted molar refractivity (Wildman–Crippen MR) is 54.4 cm³/mol. The van der Waals surface area contributed by atoms with E-state index in [0.29, 0.717) is 0 Å². The van der Waals surface area contributed by atoms with Crippen molar-refractivity contribution in [1.82, 2.24) is 9.78 Å². The molecule has 0 bridgehead atoms. The molecule has 0 saturated heterocycles. The van der Waals surface area contributed by atoms with Crippen LogP contribution in [0.2, 0.25) is 0 Å². The van der Waals surface area contributed by atoms with E-state index in [4.69, 9.17) is 10.7 Å². The van der Waals surface area contributed by atoms with Crippen LogP contribution in [0.25, 0.3) is 10.9 Å². The van der Waals surface area contributed by atoms with Gasteiger partial charge in [-0.2, -0.15) is 5.10 Å². The summed E-state index contributed by atoms with van der Waals surface area (Å²) in [7, 11) is 1.89. The van der Waals surface area contributed by atoms with E-state index in [1.807, 2.05) is 42.9 Å². The molecule has 0 saturated carbocycles. The zero-order valence-corrected chi connectivity index (χ0v) is 8.27. The average molecular weight is 191 g/mol. The Morgan fingerprint density at radius 2 is 2.14 bits per heavy atom. The summed E-state index contributed by atoms with van der Waals surface area (Å²) >= 11 is 0. The molecule has 0 aliphatic heterocycles. The number of rotatable bonds is 2. The van der Waals surface area contributed by atoms with Crippen molar-refractivity contribution >= 4 is 10.9 Å². The lowest BCUT2D eigenvalue weighted by Crippen LogP contribution is -2.10. The van der Waals surface area contributed by atoms with Crippen molar-refractivity contribution < 1.29 is 4.84 Å². The minimum absolute atomic E-state index is 0.146. The second-order valence-electron chi connectivity index (χ2n) is 3.30. The van der Waals surface area contributed by atoms with E-state index >= 15 is 0 Å². The zero-order chi connectivity index (χ0) is 10.1. The Bertz CT molecular complexity index is 450. The number of fused-ring (bicyclic) bond motifs is 1. The number of hydrogen-bond donors (Lipinski definition) is 1. The van der Waals surface area contributed by atoms with Crippen LogP contribution >= 0.6 is 0 Å². The molecular weight excluding hydrogens is 178 g/mol. The minimum atomic E-state index is -0.146. The third-order valence-electron chi connectivity index (χ3n) is 2.38. The highest BCUT2D eigenvalue weighted by Gasteiger charge is 2.14. The fraction of sp³-hybridized carbons (Fsp3) is 0.300. The van der Waals surface area contributed by atoms with E-state index in [0.717, 1.165) is 16.6 Å². The fourth-order valence-corrected chi connectivity index (χ4v) is 1.71. The first-order valence-corrected chi connectivity index (χ1v) is 4.51. The summed E-state index contributed by atoms with van der Waals surface area (Å²) in [4.78, 5) is 4.82. The Labute approximate surface area is 82.2 Å². The van der Waals surface area contributed by atoms with E-state index in [1.54, 1.807) is 0 Å². The van der Waals surface area contributed by atoms with Gasteiger partial charge in [-0.15, -0.1) is 0 Å². The van der Waals surface area contributed by atoms with Gasteiger partial charge in [0.1, 0.15) is 6.10 Å². The van der Waals surface area contributed by atoms with Crippen LogP contribution < -0.4 is 5.90 Å². The van der Waals surface area contributed by atoms with Crippen LogP contribution in [0.1, 0.15) is 18.7 Å². The van der Waals surface area contributed by atoms with Crippen molar-refractivity contribution in [2.24, 2.45) is 12.9 Å². The van der Waals surface area contributed by atoms with Gasteiger partial charge in [-0.25, -0.2) is 5.90 Å². The highest BCUT2D eigenvalue weighted by molar-refractivity contribution is 5.81. The monoisotopic (exact) mass is 191 g/mol. The Morgan fingerprint density at radius 1 is 1.43 bits per heavy atom. The van der Waals surface area contributed by atoms with Gasteiger partial charge in [0.2, 0.25) is 0 Å². The van der Waals surface area contributed by atoms with Crippen molar-refractivity contribution in [1.29, 1.82) is 0 Å². The van der Waals surface area contributed by atoms with Gasteiger partial charge in [0, 0.05) is 12.4 Å². The van der Waals surface area contributed by atoms with Crippen LogP contribution in [0, 0.1) is 0 Å². The molecule has 4 nitrogen and oxygen atoms in total. The molecule has 0 amide bonds. The minimum Gasteiger partial charge on any atom is -0.295 e. The summed E-state index contributed by atoms with van der Waals surface area (Å²) in [6.07, 6.45) is -0.146. The summed E-state index contributed by atoms with van der Waals surface area (Å²) in [5.41, 5.74) is 1.97. The number of nitrogens with two attached hydrogens (primary N) is 1. The topological polar surface area (TPSA) is 53.1 Å². The molecular formula is C10H13N3O. The van der Waals surface area contributed by atoms with Crippen molar-refractivity contribution in [3.8, 4) is 0 Å². The Morgan fingerprint density at radius 3 is 2.86 bits per heavy atom. The van der Waals surface area contributed by atoms with E-state index in [-0.39, 0.29) is 6.10 Å². The average Bonchev–Trinajstić information content (AvgIpc) is 2.53. The first-order chi connectivity index (χ1) is 6.74. The Balaban J connectivity index is 2.67. The number of aryl methyl sites for hydroxylation is 1. The fourth-order valence-electron chi connectivity index (χ4n) is 1.71. The molecule has 74 valence electrons. The van der Waals surface area contributed by atoms with Gasteiger partial charge in [0.15, 0.2) is 0 Å². The van der Waals surface area contributed by atoms with Crippen LogP contribution in [-0.2, 0) is 11.9 Å². The maximum absolute atomic E-state index is 5.18. The first kappa shape index (κ1) is 9.18. The largest absolute Gasteiger partial charge is 0.295 e. The van der Waals surface area contributed by atoms with Crippen molar-refractivity contribution in [3.05, 3.63) is 30.0 Å². The van der Waals surface area contributed by atoms with E-state index in [9.17, 15) is 0 Å². The standard InChI is InChI=1S/C10H13N3O/c1-7(14-11)10-8-5-3-4-6-9(8)12-13(10)2/h3-7H,11H2,1-2H3. The molecule has 0 fully saturated rings. The number of benzene rings is 1. The molecule has 1 atom stereocenters. The molecule has 14 heavy (non-hydrogen) atoms. The molecule has 0 aliphatic rings. The SMILES string of the molecule is CC(ON)c1c2ccccc2nn1C. The first-order valence-electron chi connectivity index (χ1n) is 4.51. The molecule has 1 heterocycles. The molecule has 1 aromatic carbocycles. The van der Waals surface area contributed by atoms with Gasteiger partial charge in [0.05, 0.1) is 11.2 Å². The summed E-state index contributed by atoms with van der Waals surface area (Å²) in [6, 6.07) is 7.94. The van der Waals surface area contributed by atoms with Crippen molar-refractivity contribution in [3.63, 3.8) is 0 Å². The van der Waals surface area contributed by atoms with Gasteiger partial charge in [-0.1, -0.05) is 18.2 Å². The predicted octanol–water partition coefficient (Wildman–Crippen LogP) is 1.52. The summed E-state index contributed by atoms with van der Waals surface area (Å²) in [6.45, 7) is 1.91. The lowest BCUT2D eigenvalue weighted by atomic mass is 10.1. The molecule has 1 aromatic heterocycles. The summed E-state index contributed by atoms with van der Waals surface area (Å²) in [5, 5.41) is 5.45. The van der Waals surface area contributed by atoms with Gasteiger partial charge < -0.3 is 0 Å².